The first-order valence-corrected chi connectivity index (χ1v) is 6.98. The van der Waals surface area contributed by atoms with Crippen molar-refractivity contribution in [1.29, 1.82) is 0 Å². The van der Waals surface area contributed by atoms with Gasteiger partial charge in [0.2, 0.25) is 0 Å². The lowest BCUT2D eigenvalue weighted by Crippen LogP contribution is -2.25. The average Bonchev–Trinajstić information content (AvgIpc) is 2.90. The van der Waals surface area contributed by atoms with Crippen LogP contribution in [0.3, 0.4) is 0 Å². The molecule has 0 saturated carbocycles. The Hall–Kier alpha value is -1.82. The summed E-state index contributed by atoms with van der Waals surface area (Å²) in [6, 6.07) is 3.40. The second-order valence-corrected chi connectivity index (χ2v) is 4.77. The van der Waals surface area contributed by atoms with Crippen LogP contribution in [0.1, 0.15) is 37.6 Å². The molecule has 0 fully saturated rings. The Morgan fingerprint density at radius 1 is 1.19 bits per heavy atom. The summed E-state index contributed by atoms with van der Waals surface area (Å²) in [5, 5.41) is 7.37. The lowest BCUT2D eigenvalue weighted by Gasteiger charge is -2.20. The van der Waals surface area contributed by atoms with Crippen LogP contribution >= 0.6 is 0 Å². The highest BCUT2D eigenvalue weighted by Gasteiger charge is 2.21. The summed E-state index contributed by atoms with van der Waals surface area (Å²) in [5.41, 5.74) is 1.13. The van der Waals surface area contributed by atoms with Gasteiger partial charge in [0.15, 0.2) is 17.5 Å². The number of benzene rings is 1. The first-order valence-electron chi connectivity index (χ1n) is 6.98. The Morgan fingerprint density at radius 2 is 1.86 bits per heavy atom. The van der Waals surface area contributed by atoms with Gasteiger partial charge in [-0.3, -0.25) is 4.68 Å². The summed E-state index contributed by atoms with van der Waals surface area (Å²) in [6.45, 7) is 5.22. The van der Waals surface area contributed by atoms with E-state index in [4.69, 9.17) is 0 Å². The van der Waals surface area contributed by atoms with Crippen molar-refractivity contribution in [3.63, 3.8) is 0 Å². The van der Waals surface area contributed by atoms with Crippen LogP contribution in [-0.2, 0) is 6.54 Å². The number of hydrogen-bond acceptors (Lipinski definition) is 2. The third kappa shape index (κ3) is 3.26. The monoisotopic (exact) mass is 297 g/mol. The van der Waals surface area contributed by atoms with Gasteiger partial charge in [0.25, 0.3) is 0 Å². The molecule has 0 bridgehead atoms. The molecule has 0 radical (unpaired) electrons. The van der Waals surface area contributed by atoms with Crippen LogP contribution in [0, 0.1) is 17.5 Å². The Labute approximate surface area is 121 Å². The fraction of sp³-hybridized carbons (Fsp3) is 0.400. The highest BCUT2D eigenvalue weighted by molar-refractivity contribution is 5.29. The number of nitrogens with one attached hydrogen (secondary N) is 1. The quantitative estimate of drug-likeness (QED) is 0.828. The zero-order valence-corrected chi connectivity index (χ0v) is 12.0. The minimum atomic E-state index is -1.45. The third-order valence-corrected chi connectivity index (χ3v) is 3.23. The van der Waals surface area contributed by atoms with E-state index in [1.54, 1.807) is 16.9 Å². The van der Waals surface area contributed by atoms with Gasteiger partial charge in [0.1, 0.15) is 0 Å². The maximum Gasteiger partial charge on any atom is 0.194 e. The first-order chi connectivity index (χ1) is 10.1. The maximum atomic E-state index is 13.5. The molecule has 1 N–H and O–H groups in total. The van der Waals surface area contributed by atoms with E-state index in [1.165, 1.54) is 0 Å². The van der Waals surface area contributed by atoms with Crippen molar-refractivity contribution in [2.24, 2.45) is 0 Å². The van der Waals surface area contributed by atoms with Crippen LogP contribution in [-0.4, -0.2) is 16.3 Å². The minimum absolute atomic E-state index is 0.339. The van der Waals surface area contributed by atoms with Gasteiger partial charge >= 0.3 is 0 Å². The maximum absolute atomic E-state index is 13.5. The van der Waals surface area contributed by atoms with Gasteiger partial charge in [0, 0.05) is 12.7 Å². The van der Waals surface area contributed by atoms with E-state index in [2.05, 4.69) is 10.4 Å². The highest BCUT2D eigenvalue weighted by atomic mass is 19.2. The second-order valence-electron chi connectivity index (χ2n) is 4.77. The predicted molar refractivity (Wildman–Crippen MR) is 74.4 cm³/mol. The van der Waals surface area contributed by atoms with Gasteiger partial charge in [-0.1, -0.05) is 13.8 Å². The Morgan fingerprint density at radius 3 is 2.43 bits per heavy atom. The molecular weight excluding hydrogens is 279 g/mol. The zero-order valence-electron chi connectivity index (χ0n) is 12.0. The second kappa shape index (κ2) is 6.76. The molecule has 0 amide bonds. The molecule has 3 nitrogen and oxygen atoms in total. The molecular formula is C15H18F3N3. The summed E-state index contributed by atoms with van der Waals surface area (Å²) >= 11 is 0. The molecule has 6 heteroatoms. The molecule has 0 aliphatic carbocycles. The number of aromatic nitrogens is 2. The molecule has 21 heavy (non-hydrogen) atoms. The van der Waals surface area contributed by atoms with Crippen molar-refractivity contribution < 1.29 is 13.2 Å². The average molecular weight is 297 g/mol. The summed E-state index contributed by atoms with van der Waals surface area (Å²) in [4.78, 5) is 0. The van der Waals surface area contributed by atoms with Crippen LogP contribution in [0.15, 0.2) is 24.4 Å². The largest absolute Gasteiger partial charge is 0.305 e. The molecule has 1 atom stereocenters. The molecule has 1 aromatic heterocycles. The van der Waals surface area contributed by atoms with Crippen LogP contribution in [0.2, 0.25) is 0 Å². The molecule has 1 heterocycles. The van der Waals surface area contributed by atoms with Crippen LogP contribution in [0.4, 0.5) is 13.2 Å². The summed E-state index contributed by atoms with van der Waals surface area (Å²) in [6.07, 6.45) is 2.53. The van der Waals surface area contributed by atoms with Crippen molar-refractivity contribution in [3.05, 3.63) is 53.1 Å². The van der Waals surface area contributed by atoms with Gasteiger partial charge in [-0.2, -0.15) is 5.10 Å². The van der Waals surface area contributed by atoms with E-state index >= 15 is 0 Å². The van der Waals surface area contributed by atoms with E-state index < -0.39 is 23.5 Å². The Balaban J connectivity index is 2.45. The van der Waals surface area contributed by atoms with Crippen LogP contribution < -0.4 is 5.32 Å². The van der Waals surface area contributed by atoms with Gasteiger partial charge in [-0.25, -0.2) is 13.2 Å². The molecule has 0 saturated heterocycles. The number of nitrogens with zero attached hydrogens (tertiary/aromatic N) is 2. The number of hydrogen-bond donors (Lipinski definition) is 1. The van der Waals surface area contributed by atoms with Crippen molar-refractivity contribution in [2.45, 2.75) is 32.9 Å². The molecule has 2 rings (SSSR count). The molecule has 2 aromatic rings. The van der Waals surface area contributed by atoms with Gasteiger partial charge in [-0.05, 0) is 36.7 Å². The van der Waals surface area contributed by atoms with Crippen molar-refractivity contribution in [1.82, 2.24) is 15.1 Å². The lowest BCUT2D eigenvalue weighted by molar-refractivity contribution is 0.440. The van der Waals surface area contributed by atoms with Crippen LogP contribution in [0.5, 0.6) is 0 Å². The van der Waals surface area contributed by atoms with Gasteiger partial charge in [0.05, 0.1) is 11.7 Å². The van der Waals surface area contributed by atoms with Crippen molar-refractivity contribution in [3.8, 4) is 0 Å². The summed E-state index contributed by atoms with van der Waals surface area (Å²) < 4.78 is 41.8. The molecule has 114 valence electrons. The molecule has 0 aliphatic heterocycles. The summed E-state index contributed by atoms with van der Waals surface area (Å²) in [5.74, 6) is -3.82. The number of rotatable bonds is 6. The fourth-order valence-corrected chi connectivity index (χ4v) is 2.33. The number of halogens is 3. The molecule has 1 aromatic carbocycles. The molecule has 1 unspecified atom stereocenters. The third-order valence-electron chi connectivity index (χ3n) is 3.23. The zero-order chi connectivity index (χ0) is 15.4. The smallest absolute Gasteiger partial charge is 0.194 e. The summed E-state index contributed by atoms with van der Waals surface area (Å²) in [7, 11) is 0. The van der Waals surface area contributed by atoms with E-state index in [9.17, 15) is 13.2 Å². The minimum Gasteiger partial charge on any atom is -0.305 e. The normalized spacial score (nSPS) is 12.6. The topological polar surface area (TPSA) is 29.9 Å². The molecule has 0 spiro atoms. The van der Waals surface area contributed by atoms with Crippen molar-refractivity contribution in [2.75, 3.05) is 6.54 Å². The van der Waals surface area contributed by atoms with E-state index in [-0.39, 0.29) is 0 Å². The highest BCUT2D eigenvalue weighted by Crippen LogP contribution is 2.25. The standard InChI is InChI=1S/C15H18F3N3/c1-3-7-21-13(5-6-20-21)15(19-4-2)10-8-11(16)14(18)12(17)9-10/h5-6,8-9,15,19H,3-4,7H2,1-2H3. The number of aryl methyl sites for hydroxylation is 1. The SMILES string of the molecule is CCCn1nccc1C(NCC)c1cc(F)c(F)c(F)c1. The van der Waals surface area contributed by atoms with E-state index in [0.717, 1.165) is 24.2 Å². The first kappa shape index (κ1) is 15.6. The Bertz CT molecular complexity index is 587. The van der Waals surface area contributed by atoms with Crippen LogP contribution in [0.25, 0.3) is 0 Å². The van der Waals surface area contributed by atoms with Crippen molar-refractivity contribution >= 4 is 0 Å². The van der Waals surface area contributed by atoms with E-state index in [0.29, 0.717) is 18.7 Å². The van der Waals surface area contributed by atoms with E-state index in [1.807, 2.05) is 13.8 Å². The predicted octanol–water partition coefficient (Wildman–Crippen LogP) is 3.41. The van der Waals surface area contributed by atoms with Gasteiger partial charge < -0.3 is 5.32 Å². The Kier molecular flexibility index (Phi) is 5.01. The van der Waals surface area contributed by atoms with Gasteiger partial charge in [-0.15, -0.1) is 0 Å². The molecule has 0 aliphatic rings. The lowest BCUT2D eigenvalue weighted by atomic mass is 10.0. The fourth-order valence-electron chi connectivity index (χ4n) is 2.33.